The van der Waals surface area contributed by atoms with Crippen LogP contribution in [0.15, 0.2) is 46.9 Å². The lowest BCUT2D eigenvalue weighted by molar-refractivity contribution is 0.405. The molecule has 1 N–H and O–H groups in total. The molecule has 0 bridgehead atoms. The van der Waals surface area contributed by atoms with E-state index in [4.69, 9.17) is 4.74 Å². The number of nitrogens with one attached hydrogen (secondary N) is 1. The van der Waals surface area contributed by atoms with Crippen LogP contribution in [0.4, 0.5) is 4.39 Å². The topological polar surface area (TPSA) is 21.3 Å². The summed E-state index contributed by atoms with van der Waals surface area (Å²) in [5.41, 5.74) is 2.26. The van der Waals surface area contributed by atoms with Crippen molar-refractivity contribution in [3.05, 3.63) is 63.9 Å². The van der Waals surface area contributed by atoms with E-state index in [2.05, 4.69) is 27.3 Å². The van der Waals surface area contributed by atoms with Gasteiger partial charge < -0.3 is 10.1 Å². The fourth-order valence-corrected chi connectivity index (χ4v) is 2.76. The highest BCUT2D eigenvalue weighted by Crippen LogP contribution is 2.24. The quantitative estimate of drug-likeness (QED) is 0.850. The van der Waals surface area contributed by atoms with Gasteiger partial charge in [0.1, 0.15) is 11.6 Å². The molecule has 0 heterocycles. The normalized spacial score (nSPS) is 12.2. The van der Waals surface area contributed by atoms with Crippen LogP contribution in [0.25, 0.3) is 0 Å². The maximum atomic E-state index is 13.0. The fourth-order valence-electron chi connectivity index (χ4n) is 2.35. The van der Waals surface area contributed by atoms with Crippen molar-refractivity contribution in [2.24, 2.45) is 0 Å². The van der Waals surface area contributed by atoms with Gasteiger partial charge in [0, 0.05) is 10.5 Å². The van der Waals surface area contributed by atoms with Gasteiger partial charge in [-0.15, -0.1) is 0 Å². The Kier molecular flexibility index (Phi) is 5.76. The van der Waals surface area contributed by atoms with Crippen LogP contribution in [0.5, 0.6) is 5.75 Å². The van der Waals surface area contributed by atoms with Gasteiger partial charge in [0.25, 0.3) is 0 Å². The first-order valence-corrected chi connectivity index (χ1v) is 7.66. The van der Waals surface area contributed by atoms with Crippen molar-refractivity contribution < 1.29 is 9.13 Å². The summed E-state index contributed by atoms with van der Waals surface area (Å²) in [5.74, 6) is 0.686. The maximum Gasteiger partial charge on any atom is 0.123 e. The van der Waals surface area contributed by atoms with Crippen LogP contribution in [0.1, 0.15) is 11.1 Å². The van der Waals surface area contributed by atoms with E-state index < -0.39 is 0 Å². The van der Waals surface area contributed by atoms with Gasteiger partial charge in [0.2, 0.25) is 0 Å². The smallest absolute Gasteiger partial charge is 0.123 e. The molecule has 0 aromatic heterocycles. The summed E-state index contributed by atoms with van der Waals surface area (Å²) in [6, 6.07) is 12.9. The lowest BCUT2D eigenvalue weighted by atomic mass is 9.98. The second kappa shape index (κ2) is 7.57. The largest absolute Gasteiger partial charge is 0.496 e. The Bertz CT molecular complexity index is 586. The summed E-state index contributed by atoms with van der Waals surface area (Å²) < 4.78 is 19.4. The highest BCUT2D eigenvalue weighted by molar-refractivity contribution is 9.10. The van der Waals surface area contributed by atoms with Crippen LogP contribution >= 0.6 is 15.9 Å². The summed E-state index contributed by atoms with van der Waals surface area (Å²) in [6.07, 6.45) is 1.68. The van der Waals surface area contributed by atoms with E-state index in [1.54, 1.807) is 7.11 Å². The zero-order valence-corrected chi connectivity index (χ0v) is 13.8. The number of ether oxygens (including phenoxy) is 1. The molecule has 0 aliphatic rings. The molecule has 2 aromatic rings. The molecule has 21 heavy (non-hydrogen) atoms. The molecule has 0 amide bonds. The Hall–Kier alpha value is -1.39. The zero-order chi connectivity index (χ0) is 15.2. The van der Waals surface area contributed by atoms with Gasteiger partial charge in [-0.1, -0.05) is 28.1 Å². The Morgan fingerprint density at radius 2 is 1.86 bits per heavy atom. The van der Waals surface area contributed by atoms with Crippen LogP contribution in [0, 0.1) is 5.82 Å². The predicted octanol–water partition coefficient (Wildman–Crippen LogP) is 3.97. The average molecular weight is 352 g/mol. The monoisotopic (exact) mass is 351 g/mol. The third-order valence-corrected chi connectivity index (χ3v) is 4.01. The highest BCUT2D eigenvalue weighted by Gasteiger charge is 2.12. The van der Waals surface area contributed by atoms with Crippen molar-refractivity contribution in [2.75, 3.05) is 14.2 Å². The molecule has 1 unspecified atom stereocenters. The van der Waals surface area contributed by atoms with E-state index in [0.29, 0.717) is 0 Å². The van der Waals surface area contributed by atoms with Crippen LogP contribution in [-0.2, 0) is 12.8 Å². The third-order valence-electron chi connectivity index (χ3n) is 3.51. The van der Waals surface area contributed by atoms with Gasteiger partial charge in [-0.25, -0.2) is 4.39 Å². The summed E-state index contributed by atoms with van der Waals surface area (Å²) in [6.45, 7) is 0. The molecule has 1 atom stereocenters. The second-order valence-corrected chi connectivity index (χ2v) is 5.89. The van der Waals surface area contributed by atoms with E-state index in [9.17, 15) is 4.39 Å². The SMILES string of the molecule is CNC(Cc1ccc(F)cc1)Cc1cc(Br)ccc1OC. The minimum atomic E-state index is -0.201. The number of hydrogen-bond donors (Lipinski definition) is 1. The van der Waals surface area contributed by atoms with Gasteiger partial charge in [0.05, 0.1) is 7.11 Å². The van der Waals surface area contributed by atoms with E-state index >= 15 is 0 Å². The van der Waals surface area contributed by atoms with Gasteiger partial charge in [-0.05, 0) is 61.3 Å². The first-order chi connectivity index (χ1) is 10.1. The fraction of sp³-hybridized carbons (Fsp3) is 0.294. The Morgan fingerprint density at radius 3 is 2.48 bits per heavy atom. The maximum absolute atomic E-state index is 13.0. The first kappa shape index (κ1) is 16.0. The molecule has 0 saturated carbocycles. The van der Waals surface area contributed by atoms with Crippen LogP contribution < -0.4 is 10.1 Å². The van der Waals surface area contributed by atoms with E-state index in [-0.39, 0.29) is 11.9 Å². The van der Waals surface area contributed by atoms with Crippen LogP contribution in [0.3, 0.4) is 0 Å². The number of hydrogen-bond acceptors (Lipinski definition) is 2. The minimum Gasteiger partial charge on any atom is -0.496 e. The number of halogens is 2. The summed E-state index contributed by atoms with van der Waals surface area (Å²) >= 11 is 3.49. The van der Waals surface area contributed by atoms with Crippen LogP contribution in [-0.4, -0.2) is 20.2 Å². The number of methoxy groups -OCH3 is 1. The predicted molar refractivity (Wildman–Crippen MR) is 87.3 cm³/mol. The molecular formula is C17H19BrFNO. The average Bonchev–Trinajstić information content (AvgIpc) is 2.49. The molecule has 0 radical (unpaired) electrons. The number of rotatable bonds is 6. The molecule has 0 aliphatic carbocycles. The van der Waals surface area contributed by atoms with Gasteiger partial charge >= 0.3 is 0 Å². The minimum absolute atomic E-state index is 0.201. The number of likely N-dealkylation sites (N-methyl/N-ethyl adjacent to an activating group) is 1. The highest BCUT2D eigenvalue weighted by atomic mass is 79.9. The molecule has 0 fully saturated rings. The van der Waals surface area contributed by atoms with Gasteiger partial charge in [-0.2, -0.15) is 0 Å². The van der Waals surface area contributed by atoms with Crippen molar-refractivity contribution in [1.82, 2.24) is 5.32 Å². The molecule has 2 nitrogen and oxygen atoms in total. The molecule has 2 aromatic carbocycles. The molecule has 112 valence electrons. The van der Waals surface area contributed by atoms with Crippen molar-refractivity contribution in [2.45, 2.75) is 18.9 Å². The third kappa shape index (κ3) is 4.55. The molecular weight excluding hydrogens is 333 g/mol. The number of benzene rings is 2. The van der Waals surface area contributed by atoms with Crippen LogP contribution in [0.2, 0.25) is 0 Å². The first-order valence-electron chi connectivity index (χ1n) is 6.86. The summed E-state index contributed by atoms with van der Waals surface area (Å²) in [7, 11) is 3.62. The zero-order valence-electron chi connectivity index (χ0n) is 12.2. The Labute approximate surface area is 133 Å². The molecule has 2 rings (SSSR count). The molecule has 0 saturated heterocycles. The van der Waals surface area contributed by atoms with Crippen molar-refractivity contribution in [1.29, 1.82) is 0 Å². The van der Waals surface area contributed by atoms with Gasteiger partial charge in [0.15, 0.2) is 0 Å². The Balaban J connectivity index is 2.11. The van der Waals surface area contributed by atoms with E-state index in [1.165, 1.54) is 12.1 Å². The van der Waals surface area contributed by atoms with Crippen molar-refractivity contribution >= 4 is 15.9 Å². The van der Waals surface area contributed by atoms with E-state index in [0.717, 1.165) is 34.2 Å². The molecule has 0 aliphatic heterocycles. The lowest BCUT2D eigenvalue weighted by Gasteiger charge is -2.18. The summed E-state index contributed by atoms with van der Waals surface area (Å²) in [4.78, 5) is 0. The molecule has 0 spiro atoms. The standard InChI is InChI=1S/C17H19BrFNO/c1-20-16(9-12-3-6-15(19)7-4-12)11-13-10-14(18)5-8-17(13)21-2/h3-8,10,16,20H,9,11H2,1-2H3. The van der Waals surface area contributed by atoms with E-state index in [1.807, 2.05) is 31.3 Å². The van der Waals surface area contributed by atoms with Crippen molar-refractivity contribution in [3.8, 4) is 5.75 Å². The lowest BCUT2D eigenvalue weighted by Crippen LogP contribution is -2.30. The second-order valence-electron chi connectivity index (χ2n) is 4.98. The Morgan fingerprint density at radius 1 is 1.14 bits per heavy atom. The van der Waals surface area contributed by atoms with Crippen molar-refractivity contribution in [3.63, 3.8) is 0 Å². The molecule has 4 heteroatoms. The van der Waals surface area contributed by atoms with Gasteiger partial charge in [-0.3, -0.25) is 0 Å². The summed E-state index contributed by atoms with van der Waals surface area (Å²) in [5, 5.41) is 3.32.